The van der Waals surface area contributed by atoms with Gasteiger partial charge in [0.25, 0.3) is 0 Å². The topological polar surface area (TPSA) is 59.4 Å². The first kappa shape index (κ1) is 18.8. The zero-order valence-electron chi connectivity index (χ0n) is 14.0. The van der Waals surface area contributed by atoms with Gasteiger partial charge in [0.2, 0.25) is 0 Å². The first-order valence-corrected chi connectivity index (χ1v) is 8.42. The second kappa shape index (κ2) is 9.66. The lowest BCUT2D eigenvalue weighted by Crippen LogP contribution is -2.34. The second-order valence-corrected chi connectivity index (χ2v) is 5.99. The maximum atomic E-state index is 6.06. The van der Waals surface area contributed by atoms with Gasteiger partial charge in [-0.05, 0) is 31.2 Å². The van der Waals surface area contributed by atoms with Crippen LogP contribution in [0.2, 0.25) is 0 Å². The third-order valence-corrected chi connectivity index (χ3v) is 4.32. The summed E-state index contributed by atoms with van der Waals surface area (Å²) < 4.78 is 2.18. The molecule has 0 bridgehead atoms. The Kier molecular flexibility index (Phi) is 7.55. The van der Waals surface area contributed by atoms with E-state index in [9.17, 15) is 0 Å². The van der Waals surface area contributed by atoms with Crippen molar-refractivity contribution in [2.75, 3.05) is 13.1 Å². The van der Waals surface area contributed by atoms with Crippen molar-refractivity contribution >= 4 is 29.9 Å². The van der Waals surface area contributed by atoms with E-state index >= 15 is 0 Å². The molecular weight excluding hydrogens is 413 g/mol. The van der Waals surface area contributed by atoms with Gasteiger partial charge in [0, 0.05) is 32.0 Å². The number of hydrogen-bond acceptors (Lipinski definition) is 2. The van der Waals surface area contributed by atoms with Gasteiger partial charge in [-0.15, -0.1) is 24.0 Å². The maximum absolute atomic E-state index is 6.06. The van der Waals surface area contributed by atoms with Gasteiger partial charge in [0.05, 0.1) is 0 Å². The van der Waals surface area contributed by atoms with E-state index in [-0.39, 0.29) is 24.0 Å². The quantitative estimate of drug-likeness (QED) is 0.428. The van der Waals surface area contributed by atoms with Crippen molar-refractivity contribution in [2.24, 2.45) is 10.7 Å². The molecule has 0 atom stereocenters. The van der Waals surface area contributed by atoms with Crippen molar-refractivity contribution in [1.82, 2.24) is 14.5 Å². The standard InChI is InChI=1S/C18H25N5.HI/c19-18(23-11-4-5-12-23)21-15-17-20-10-14-22(17)13-6-9-16-7-2-1-3-8-16;/h1-3,7-8,10,14H,4-6,9,11-13,15H2,(H2,19,21);1H. The summed E-state index contributed by atoms with van der Waals surface area (Å²) in [5.41, 5.74) is 7.44. The molecule has 5 nitrogen and oxygen atoms in total. The van der Waals surface area contributed by atoms with Crippen LogP contribution < -0.4 is 5.73 Å². The van der Waals surface area contributed by atoms with Crippen LogP contribution >= 0.6 is 24.0 Å². The molecule has 6 heteroatoms. The van der Waals surface area contributed by atoms with Crippen LogP contribution in [0, 0.1) is 0 Å². The number of aliphatic imine (C=N–C) groups is 1. The Labute approximate surface area is 161 Å². The third kappa shape index (κ3) is 5.22. The van der Waals surface area contributed by atoms with Gasteiger partial charge in [0.1, 0.15) is 12.4 Å². The molecule has 3 rings (SSSR count). The van der Waals surface area contributed by atoms with Gasteiger partial charge < -0.3 is 15.2 Å². The number of aryl methyl sites for hydroxylation is 2. The van der Waals surface area contributed by atoms with E-state index in [0.717, 1.165) is 38.3 Å². The summed E-state index contributed by atoms with van der Waals surface area (Å²) in [6.45, 7) is 3.58. The third-order valence-electron chi connectivity index (χ3n) is 4.32. The molecule has 0 radical (unpaired) electrons. The molecule has 1 aromatic heterocycles. The fraction of sp³-hybridized carbons (Fsp3) is 0.444. The van der Waals surface area contributed by atoms with Crippen molar-refractivity contribution in [2.45, 2.75) is 38.8 Å². The van der Waals surface area contributed by atoms with Crippen LogP contribution in [-0.2, 0) is 19.5 Å². The van der Waals surface area contributed by atoms with E-state index < -0.39 is 0 Å². The summed E-state index contributed by atoms with van der Waals surface area (Å²) in [7, 11) is 0. The van der Waals surface area contributed by atoms with E-state index in [1.54, 1.807) is 0 Å². The zero-order valence-corrected chi connectivity index (χ0v) is 16.3. The Hall–Kier alpha value is -1.57. The number of nitrogens with two attached hydrogens (primary N) is 1. The van der Waals surface area contributed by atoms with Crippen molar-refractivity contribution in [1.29, 1.82) is 0 Å². The van der Waals surface area contributed by atoms with Crippen molar-refractivity contribution in [3.05, 3.63) is 54.1 Å². The molecule has 1 aliphatic rings. The minimum Gasteiger partial charge on any atom is -0.370 e. The fourth-order valence-corrected chi connectivity index (χ4v) is 2.99. The van der Waals surface area contributed by atoms with Crippen LogP contribution in [0.1, 0.15) is 30.7 Å². The Morgan fingerprint density at radius 2 is 1.92 bits per heavy atom. The number of aromatic nitrogens is 2. The maximum Gasteiger partial charge on any atom is 0.191 e. The molecule has 0 aliphatic carbocycles. The van der Waals surface area contributed by atoms with Crippen LogP contribution in [0.15, 0.2) is 47.7 Å². The van der Waals surface area contributed by atoms with Gasteiger partial charge in [0.15, 0.2) is 5.96 Å². The highest BCUT2D eigenvalue weighted by molar-refractivity contribution is 14.0. The summed E-state index contributed by atoms with van der Waals surface area (Å²) in [5, 5.41) is 0. The number of benzene rings is 1. The van der Waals surface area contributed by atoms with Crippen LogP contribution in [0.4, 0.5) is 0 Å². The lowest BCUT2D eigenvalue weighted by molar-refractivity contribution is 0.508. The smallest absolute Gasteiger partial charge is 0.191 e. The molecule has 0 unspecified atom stereocenters. The molecule has 2 N–H and O–H groups in total. The molecule has 24 heavy (non-hydrogen) atoms. The summed E-state index contributed by atoms with van der Waals surface area (Å²) in [6.07, 6.45) is 8.48. The van der Waals surface area contributed by atoms with Crippen LogP contribution in [-0.4, -0.2) is 33.5 Å². The average molecular weight is 439 g/mol. The molecular formula is C18H26IN5. The van der Waals surface area contributed by atoms with E-state index in [2.05, 4.69) is 49.8 Å². The first-order chi connectivity index (χ1) is 11.3. The highest BCUT2D eigenvalue weighted by Crippen LogP contribution is 2.09. The number of likely N-dealkylation sites (tertiary alicyclic amines) is 1. The molecule has 1 fully saturated rings. The normalized spacial score (nSPS) is 14.7. The van der Waals surface area contributed by atoms with Crippen LogP contribution in [0.3, 0.4) is 0 Å². The number of halogens is 1. The van der Waals surface area contributed by atoms with Gasteiger partial charge in [-0.1, -0.05) is 30.3 Å². The summed E-state index contributed by atoms with van der Waals surface area (Å²) in [5.74, 6) is 1.64. The molecule has 0 saturated carbocycles. The Morgan fingerprint density at radius 1 is 1.17 bits per heavy atom. The van der Waals surface area contributed by atoms with Crippen LogP contribution in [0.5, 0.6) is 0 Å². The summed E-state index contributed by atoms with van der Waals surface area (Å²) >= 11 is 0. The first-order valence-electron chi connectivity index (χ1n) is 8.42. The zero-order chi connectivity index (χ0) is 15.9. The van der Waals surface area contributed by atoms with Crippen molar-refractivity contribution in [3.63, 3.8) is 0 Å². The van der Waals surface area contributed by atoms with Gasteiger partial charge in [-0.3, -0.25) is 0 Å². The molecule has 0 amide bonds. The monoisotopic (exact) mass is 439 g/mol. The minimum atomic E-state index is 0. The number of rotatable bonds is 6. The minimum absolute atomic E-state index is 0. The van der Waals surface area contributed by atoms with E-state index in [4.69, 9.17) is 5.73 Å². The van der Waals surface area contributed by atoms with Gasteiger partial charge in [-0.2, -0.15) is 0 Å². The SMILES string of the molecule is I.NC(=NCc1nccn1CCCc1ccccc1)N1CCCC1. The van der Waals surface area contributed by atoms with E-state index in [1.165, 1.54) is 18.4 Å². The molecule has 1 saturated heterocycles. The van der Waals surface area contributed by atoms with Gasteiger partial charge in [-0.25, -0.2) is 9.98 Å². The molecule has 2 heterocycles. The predicted molar refractivity (Wildman–Crippen MR) is 109 cm³/mol. The largest absolute Gasteiger partial charge is 0.370 e. The average Bonchev–Trinajstić information content (AvgIpc) is 3.26. The Bertz CT molecular complexity index is 632. The molecule has 2 aromatic rings. The number of imidazole rings is 1. The molecule has 1 aliphatic heterocycles. The van der Waals surface area contributed by atoms with E-state index in [1.807, 2.05) is 12.4 Å². The second-order valence-electron chi connectivity index (χ2n) is 5.99. The predicted octanol–water partition coefficient (Wildman–Crippen LogP) is 3.04. The van der Waals surface area contributed by atoms with Crippen LogP contribution in [0.25, 0.3) is 0 Å². The lowest BCUT2D eigenvalue weighted by atomic mass is 10.1. The van der Waals surface area contributed by atoms with Crippen molar-refractivity contribution < 1.29 is 0 Å². The number of hydrogen-bond donors (Lipinski definition) is 1. The fourth-order valence-electron chi connectivity index (χ4n) is 2.99. The molecule has 1 aromatic carbocycles. The van der Waals surface area contributed by atoms with Gasteiger partial charge >= 0.3 is 0 Å². The van der Waals surface area contributed by atoms with Crippen molar-refractivity contribution in [3.8, 4) is 0 Å². The lowest BCUT2D eigenvalue weighted by Gasteiger charge is -2.15. The molecule has 0 spiro atoms. The van der Waals surface area contributed by atoms with E-state index in [0.29, 0.717) is 12.5 Å². The number of guanidine groups is 1. The number of nitrogens with zero attached hydrogens (tertiary/aromatic N) is 4. The Morgan fingerprint density at radius 3 is 2.67 bits per heavy atom. The highest BCUT2D eigenvalue weighted by atomic mass is 127. The summed E-state index contributed by atoms with van der Waals surface area (Å²) in [6, 6.07) is 10.6. The highest BCUT2D eigenvalue weighted by Gasteiger charge is 2.13. The Balaban J connectivity index is 0.00000208. The summed E-state index contributed by atoms with van der Waals surface area (Å²) in [4.78, 5) is 11.1. The molecule has 130 valence electrons.